The van der Waals surface area contributed by atoms with Gasteiger partial charge in [-0.3, -0.25) is 4.90 Å². The van der Waals surface area contributed by atoms with Crippen LogP contribution in [0.3, 0.4) is 0 Å². The molecule has 0 aromatic heterocycles. The average Bonchev–Trinajstić information content (AvgIpc) is 3.09. The van der Waals surface area contributed by atoms with E-state index in [9.17, 15) is 9.90 Å². The Morgan fingerprint density at radius 1 is 0.938 bits per heavy atom. The number of carbonyl (C=O) groups is 1. The standard InChI is InChI=1S/C25H24ClNO5/c1-30-21-11-5-18(6-12-21)23-25(29,19-7-13-22(31-2)14-8-19)27(24(28)32-23)16-15-17-3-9-20(26)10-4-17/h3-14,23,29H,15-16H2,1-2H3/t23-,25-/m0/s1. The minimum Gasteiger partial charge on any atom is -0.497 e. The van der Waals surface area contributed by atoms with Gasteiger partial charge < -0.3 is 19.3 Å². The normalized spacial score (nSPS) is 20.2. The Bertz CT molecular complexity index is 1070. The predicted octanol–water partition coefficient (Wildman–Crippen LogP) is 4.94. The first-order chi connectivity index (χ1) is 15.5. The van der Waals surface area contributed by atoms with E-state index in [4.69, 9.17) is 25.8 Å². The van der Waals surface area contributed by atoms with E-state index in [0.717, 1.165) is 5.56 Å². The van der Waals surface area contributed by atoms with Crippen molar-refractivity contribution in [3.05, 3.63) is 94.5 Å². The van der Waals surface area contributed by atoms with Gasteiger partial charge in [0.25, 0.3) is 0 Å². The maximum atomic E-state index is 12.9. The number of methoxy groups -OCH3 is 2. The monoisotopic (exact) mass is 453 g/mol. The molecule has 0 spiro atoms. The molecule has 3 aromatic carbocycles. The molecule has 0 aliphatic carbocycles. The Morgan fingerprint density at radius 2 is 1.50 bits per heavy atom. The fourth-order valence-corrected chi connectivity index (χ4v) is 4.03. The topological polar surface area (TPSA) is 68.2 Å². The molecule has 0 radical (unpaired) electrons. The molecule has 2 atom stereocenters. The van der Waals surface area contributed by atoms with Crippen LogP contribution in [0.1, 0.15) is 22.8 Å². The highest BCUT2D eigenvalue weighted by atomic mass is 35.5. The third-order valence-corrected chi connectivity index (χ3v) is 5.94. The van der Waals surface area contributed by atoms with Gasteiger partial charge in [-0.25, -0.2) is 4.79 Å². The summed E-state index contributed by atoms with van der Waals surface area (Å²) in [6.45, 7) is 0.260. The van der Waals surface area contributed by atoms with Crippen LogP contribution in [0.25, 0.3) is 0 Å². The van der Waals surface area contributed by atoms with Gasteiger partial charge in [0.1, 0.15) is 11.5 Å². The van der Waals surface area contributed by atoms with Crippen molar-refractivity contribution in [2.75, 3.05) is 20.8 Å². The van der Waals surface area contributed by atoms with Gasteiger partial charge in [0.05, 0.1) is 14.2 Å². The van der Waals surface area contributed by atoms with E-state index < -0.39 is 17.9 Å². The second-order valence-corrected chi connectivity index (χ2v) is 7.96. The van der Waals surface area contributed by atoms with Crippen molar-refractivity contribution < 1.29 is 24.1 Å². The number of nitrogens with zero attached hydrogens (tertiary/aromatic N) is 1. The molecule has 1 amide bonds. The van der Waals surface area contributed by atoms with Crippen molar-refractivity contribution in [3.63, 3.8) is 0 Å². The second kappa shape index (κ2) is 9.10. The molecule has 0 unspecified atom stereocenters. The molecule has 6 nitrogen and oxygen atoms in total. The van der Waals surface area contributed by atoms with E-state index in [1.807, 2.05) is 12.1 Å². The first-order valence-corrected chi connectivity index (χ1v) is 10.6. The van der Waals surface area contributed by atoms with Crippen molar-refractivity contribution in [2.45, 2.75) is 18.2 Å². The molecule has 166 valence electrons. The summed E-state index contributed by atoms with van der Waals surface area (Å²) in [5.74, 6) is 1.32. The maximum Gasteiger partial charge on any atom is 0.413 e. The molecule has 7 heteroatoms. The summed E-state index contributed by atoms with van der Waals surface area (Å²) < 4.78 is 16.2. The molecular weight excluding hydrogens is 430 g/mol. The first-order valence-electron chi connectivity index (χ1n) is 10.2. The van der Waals surface area contributed by atoms with Gasteiger partial charge in [-0.1, -0.05) is 48.0 Å². The molecular formula is C25H24ClNO5. The van der Waals surface area contributed by atoms with Crippen LogP contribution in [-0.4, -0.2) is 36.9 Å². The zero-order valence-corrected chi connectivity index (χ0v) is 18.6. The number of hydrogen-bond acceptors (Lipinski definition) is 5. The summed E-state index contributed by atoms with van der Waals surface area (Å²) in [6.07, 6.45) is -0.974. The molecule has 32 heavy (non-hydrogen) atoms. The molecule has 4 rings (SSSR count). The summed E-state index contributed by atoms with van der Waals surface area (Å²) in [5.41, 5.74) is 0.476. The quantitative estimate of drug-likeness (QED) is 0.549. The molecule has 0 bridgehead atoms. The van der Waals surface area contributed by atoms with E-state index >= 15 is 0 Å². The van der Waals surface area contributed by atoms with Crippen LogP contribution in [-0.2, 0) is 16.9 Å². The molecule has 0 saturated carbocycles. The molecule has 1 heterocycles. The molecule has 1 saturated heterocycles. The number of halogens is 1. The van der Waals surface area contributed by atoms with Crippen molar-refractivity contribution >= 4 is 17.7 Å². The van der Waals surface area contributed by atoms with Crippen LogP contribution in [0.15, 0.2) is 72.8 Å². The van der Waals surface area contributed by atoms with Gasteiger partial charge in [-0.15, -0.1) is 0 Å². The van der Waals surface area contributed by atoms with Gasteiger partial charge in [0.2, 0.25) is 5.72 Å². The highest BCUT2D eigenvalue weighted by molar-refractivity contribution is 6.30. The Morgan fingerprint density at radius 3 is 2.06 bits per heavy atom. The van der Waals surface area contributed by atoms with Crippen LogP contribution in [0.2, 0.25) is 5.02 Å². The summed E-state index contributed by atoms with van der Waals surface area (Å²) in [6, 6.07) is 21.5. The average molecular weight is 454 g/mol. The number of ether oxygens (including phenoxy) is 3. The Labute approximate surface area is 191 Å². The predicted molar refractivity (Wildman–Crippen MR) is 121 cm³/mol. The zero-order valence-electron chi connectivity index (χ0n) is 17.8. The minimum absolute atomic E-state index is 0.260. The third kappa shape index (κ3) is 4.11. The lowest BCUT2D eigenvalue weighted by molar-refractivity contribution is -0.109. The van der Waals surface area contributed by atoms with E-state index in [1.54, 1.807) is 74.9 Å². The highest BCUT2D eigenvalue weighted by Crippen LogP contribution is 2.47. The van der Waals surface area contributed by atoms with Gasteiger partial charge >= 0.3 is 6.09 Å². The second-order valence-electron chi connectivity index (χ2n) is 7.52. The van der Waals surface area contributed by atoms with Gasteiger partial charge in [-0.2, -0.15) is 0 Å². The largest absolute Gasteiger partial charge is 0.497 e. The van der Waals surface area contributed by atoms with E-state index in [-0.39, 0.29) is 6.54 Å². The number of cyclic esters (lactones) is 1. The SMILES string of the molecule is COc1ccc([C@@H]2OC(=O)N(CCc3ccc(Cl)cc3)[C@]2(O)c2ccc(OC)cc2)cc1. The number of aliphatic hydroxyl groups is 1. The Balaban J connectivity index is 1.70. The van der Waals surface area contributed by atoms with Gasteiger partial charge in [-0.05, 0) is 53.9 Å². The minimum atomic E-state index is -1.70. The maximum absolute atomic E-state index is 12.9. The van der Waals surface area contributed by atoms with Crippen LogP contribution >= 0.6 is 11.6 Å². The van der Waals surface area contributed by atoms with Gasteiger partial charge in [0, 0.05) is 17.1 Å². The molecule has 1 aliphatic heterocycles. The van der Waals surface area contributed by atoms with Crippen LogP contribution in [0, 0.1) is 0 Å². The fraction of sp³-hybridized carbons (Fsp3) is 0.240. The van der Waals surface area contributed by atoms with Crippen molar-refractivity contribution in [1.82, 2.24) is 4.90 Å². The zero-order chi connectivity index (χ0) is 22.7. The third-order valence-electron chi connectivity index (χ3n) is 5.69. The fourth-order valence-electron chi connectivity index (χ4n) is 3.90. The van der Waals surface area contributed by atoms with Crippen molar-refractivity contribution in [3.8, 4) is 11.5 Å². The van der Waals surface area contributed by atoms with Crippen LogP contribution < -0.4 is 9.47 Å². The Kier molecular flexibility index (Phi) is 6.26. The van der Waals surface area contributed by atoms with Gasteiger partial charge in [0.15, 0.2) is 6.10 Å². The number of hydrogen-bond donors (Lipinski definition) is 1. The summed E-state index contributed by atoms with van der Waals surface area (Å²) >= 11 is 5.98. The van der Waals surface area contributed by atoms with Crippen molar-refractivity contribution in [1.29, 1.82) is 0 Å². The summed E-state index contributed by atoms with van der Waals surface area (Å²) in [5, 5.41) is 12.6. The van der Waals surface area contributed by atoms with Crippen molar-refractivity contribution in [2.24, 2.45) is 0 Å². The molecule has 1 N–H and O–H groups in total. The lowest BCUT2D eigenvalue weighted by Crippen LogP contribution is -2.46. The molecule has 1 fully saturated rings. The van der Waals surface area contributed by atoms with Crippen LogP contribution in [0.4, 0.5) is 4.79 Å². The molecule has 1 aliphatic rings. The molecule has 3 aromatic rings. The van der Waals surface area contributed by atoms with E-state index in [1.165, 1.54) is 4.90 Å². The smallest absolute Gasteiger partial charge is 0.413 e. The summed E-state index contributed by atoms with van der Waals surface area (Å²) in [7, 11) is 3.15. The first kappa shape index (κ1) is 22.0. The number of rotatable bonds is 7. The Hall–Kier alpha value is -3.22. The number of carbonyl (C=O) groups excluding carboxylic acids is 1. The summed E-state index contributed by atoms with van der Waals surface area (Å²) in [4.78, 5) is 14.3. The van der Waals surface area contributed by atoms with E-state index in [0.29, 0.717) is 34.1 Å². The van der Waals surface area contributed by atoms with Crippen LogP contribution in [0.5, 0.6) is 11.5 Å². The van der Waals surface area contributed by atoms with E-state index in [2.05, 4.69) is 0 Å². The number of benzene rings is 3. The lowest BCUT2D eigenvalue weighted by Gasteiger charge is -2.35. The lowest BCUT2D eigenvalue weighted by atomic mass is 9.91. The number of amides is 1. The highest BCUT2D eigenvalue weighted by Gasteiger charge is 2.55.